The molecule has 0 aliphatic carbocycles. The first kappa shape index (κ1) is 28.4. The molecule has 1 saturated heterocycles. The average Bonchev–Trinajstić information content (AvgIpc) is 2.80. The van der Waals surface area contributed by atoms with Gasteiger partial charge in [0.25, 0.3) is 20.2 Å². The molecule has 9 nitrogen and oxygen atoms in total. The van der Waals surface area contributed by atoms with E-state index in [1.54, 1.807) is 30.5 Å². The quantitative estimate of drug-likeness (QED) is 0.440. The highest BCUT2D eigenvalue weighted by atomic mass is 32.2. The van der Waals surface area contributed by atoms with Gasteiger partial charge in [0.05, 0.1) is 21.7 Å². The molecule has 0 amide bonds. The van der Waals surface area contributed by atoms with Crippen molar-refractivity contribution in [3.63, 3.8) is 0 Å². The fourth-order valence-electron chi connectivity index (χ4n) is 3.21. The standard InChI is InChI=1S/C10H15N3.2C7H8O3S/c11-9-3-2-6-13(8-9)10-4-1-5-12-7-10;2*1-6-2-4-7(5-3-6)11(8,9)10/h1,4-5,7,9H,2-3,6,8,11H2;2*2-5H,1H3,(H,8,9,10)/t9-;;/m0../s1. The maximum absolute atomic E-state index is 10.5. The van der Waals surface area contributed by atoms with Crippen LogP contribution in [0.5, 0.6) is 0 Å². The van der Waals surface area contributed by atoms with Crippen LogP contribution in [0.1, 0.15) is 24.0 Å². The third-order valence-corrected chi connectivity index (χ3v) is 6.84. The first-order chi connectivity index (χ1) is 16.4. The SMILES string of the molecule is Cc1ccc(S(=O)(=O)O)cc1.Cc1ccc(S(=O)(=O)O)cc1.N[C@H]1CCCN(c2cccnc2)C1. The molecule has 4 rings (SSSR count). The first-order valence-corrected chi connectivity index (χ1v) is 13.7. The second-order valence-corrected chi connectivity index (χ2v) is 11.0. The van der Waals surface area contributed by atoms with Crippen LogP contribution in [0.15, 0.2) is 82.8 Å². The predicted molar refractivity (Wildman–Crippen MR) is 136 cm³/mol. The van der Waals surface area contributed by atoms with Gasteiger partial charge >= 0.3 is 0 Å². The summed E-state index contributed by atoms with van der Waals surface area (Å²) in [4.78, 5) is 6.28. The van der Waals surface area contributed by atoms with Crippen LogP contribution in [0.25, 0.3) is 0 Å². The van der Waals surface area contributed by atoms with Gasteiger partial charge in [-0.3, -0.25) is 14.1 Å². The van der Waals surface area contributed by atoms with Gasteiger partial charge in [0, 0.05) is 25.3 Å². The molecule has 1 aliphatic rings. The molecule has 0 saturated carbocycles. The lowest BCUT2D eigenvalue weighted by molar-refractivity contribution is 0.481. The Balaban J connectivity index is 0.000000186. The monoisotopic (exact) mass is 521 g/mol. The van der Waals surface area contributed by atoms with Crippen molar-refractivity contribution in [2.24, 2.45) is 5.73 Å². The third kappa shape index (κ3) is 10.1. The Morgan fingerprint density at radius 2 is 1.34 bits per heavy atom. The van der Waals surface area contributed by atoms with E-state index in [1.165, 1.54) is 36.4 Å². The topological polar surface area (TPSA) is 151 Å². The Morgan fingerprint density at radius 3 is 1.71 bits per heavy atom. The lowest BCUT2D eigenvalue weighted by atomic mass is 10.1. The van der Waals surface area contributed by atoms with E-state index in [0.29, 0.717) is 6.04 Å². The number of pyridine rings is 1. The van der Waals surface area contributed by atoms with Crippen molar-refractivity contribution in [2.75, 3.05) is 18.0 Å². The summed E-state index contributed by atoms with van der Waals surface area (Å²) < 4.78 is 59.1. The highest BCUT2D eigenvalue weighted by Crippen LogP contribution is 2.17. The summed E-state index contributed by atoms with van der Waals surface area (Å²) >= 11 is 0. The van der Waals surface area contributed by atoms with E-state index in [2.05, 4.69) is 16.0 Å². The molecule has 1 aliphatic heterocycles. The Bertz CT molecular complexity index is 1190. The van der Waals surface area contributed by atoms with Crippen LogP contribution in [0, 0.1) is 13.8 Å². The molecule has 35 heavy (non-hydrogen) atoms. The van der Waals surface area contributed by atoms with Crippen molar-refractivity contribution in [3.05, 3.63) is 84.2 Å². The van der Waals surface area contributed by atoms with Crippen LogP contribution >= 0.6 is 0 Å². The van der Waals surface area contributed by atoms with Gasteiger partial charge in [-0.25, -0.2) is 0 Å². The Kier molecular flexibility index (Phi) is 10.3. The Hall–Kier alpha value is -2.83. The molecule has 1 aromatic heterocycles. The van der Waals surface area contributed by atoms with Gasteiger partial charge in [-0.15, -0.1) is 0 Å². The number of nitrogens with zero attached hydrogens (tertiary/aromatic N) is 2. The van der Waals surface area contributed by atoms with Crippen LogP contribution in [-0.4, -0.2) is 50.1 Å². The largest absolute Gasteiger partial charge is 0.369 e. The molecule has 0 spiro atoms. The number of anilines is 1. The summed E-state index contributed by atoms with van der Waals surface area (Å²) in [5.41, 5.74) is 9.00. The van der Waals surface area contributed by atoms with E-state index in [0.717, 1.165) is 30.6 Å². The maximum Gasteiger partial charge on any atom is 0.294 e. The molecule has 2 aromatic carbocycles. The number of aromatic nitrogens is 1. The van der Waals surface area contributed by atoms with Crippen LogP contribution in [0.3, 0.4) is 0 Å². The molecule has 3 aromatic rings. The lowest BCUT2D eigenvalue weighted by Crippen LogP contribution is -2.42. The Morgan fingerprint density at radius 1 is 0.857 bits per heavy atom. The number of hydrogen-bond acceptors (Lipinski definition) is 7. The minimum Gasteiger partial charge on any atom is -0.369 e. The van der Waals surface area contributed by atoms with Crippen LogP contribution < -0.4 is 10.6 Å². The van der Waals surface area contributed by atoms with Gasteiger partial charge in [0.15, 0.2) is 0 Å². The molecule has 4 N–H and O–H groups in total. The molecule has 1 fully saturated rings. The molecule has 190 valence electrons. The number of benzene rings is 2. The predicted octanol–water partition coefficient (Wildman–Crippen LogP) is 3.49. The van der Waals surface area contributed by atoms with Crippen molar-refractivity contribution in [2.45, 2.75) is 42.5 Å². The van der Waals surface area contributed by atoms with Gasteiger partial charge < -0.3 is 10.6 Å². The highest BCUT2D eigenvalue weighted by Gasteiger charge is 2.16. The van der Waals surface area contributed by atoms with Gasteiger partial charge in [-0.2, -0.15) is 16.8 Å². The van der Waals surface area contributed by atoms with E-state index in [-0.39, 0.29) is 9.79 Å². The summed E-state index contributed by atoms with van der Waals surface area (Å²) in [7, 11) is -8.04. The summed E-state index contributed by atoms with van der Waals surface area (Å²) in [6, 6.07) is 16.4. The van der Waals surface area contributed by atoms with Crippen LogP contribution in [0.2, 0.25) is 0 Å². The molecule has 11 heteroatoms. The van der Waals surface area contributed by atoms with E-state index in [4.69, 9.17) is 14.8 Å². The van der Waals surface area contributed by atoms with E-state index < -0.39 is 20.2 Å². The summed E-state index contributed by atoms with van der Waals surface area (Å²) in [5.74, 6) is 0. The lowest BCUT2D eigenvalue weighted by Gasteiger charge is -2.32. The molecule has 0 bridgehead atoms. The van der Waals surface area contributed by atoms with Gasteiger partial charge in [-0.05, 0) is 63.1 Å². The third-order valence-electron chi connectivity index (χ3n) is 5.11. The van der Waals surface area contributed by atoms with Crippen molar-refractivity contribution in [1.82, 2.24) is 4.98 Å². The highest BCUT2D eigenvalue weighted by molar-refractivity contribution is 7.86. The molecule has 0 unspecified atom stereocenters. The molecular formula is C24H31N3O6S2. The maximum atomic E-state index is 10.5. The van der Waals surface area contributed by atoms with Crippen LogP contribution in [0.4, 0.5) is 5.69 Å². The van der Waals surface area contributed by atoms with Gasteiger partial charge in [-0.1, -0.05) is 35.4 Å². The minimum absolute atomic E-state index is 0.0666. The van der Waals surface area contributed by atoms with E-state index >= 15 is 0 Å². The normalized spacial score (nSPS) is 15.8. The molecular weight excluding hydrogens is 490 g/mol. The smallest absolute Gasteiger partial charge is 0.294 e. The van der Waals surface area contributed by atoms with E-state index in [9.17, 15) is 16.8 Å². The number of piperidine rings is 1. The fraction of sp³-hybridized carbons (Fsp3) is 0.292. The fourth-order valence-corrected chi connectivity index (χ4v) is 4.17. The van der Waals surface area contributed by atoms with Crippen molar-refractivity contribution >= 4 is 25.9 Å². The number of aryl methyl sites for hydroxylation is 2. The van der Waals surface area contributed by atoms with Crippen molar-refractivity contribution in [1.29, 1.82) is 0 Å². The zero-order valence-corrected chi connectivity index (χ0v) is 21.3. The van der Waals surface area contributed by atoms with E-state index in [1.807, 2.05) is 26.1 Å². The number of nitrogens with two attached hydrogens (primary N) is 1. The molecule has 1 atom stereocenters. The summed E-state index contributed by atoms with van der Waals surface area (Å²) in [6.07, 6.45) is 6.04. The van der Waals surface area contributed by atoms with Crippen molar-refractivity contribution < 1.29 is 25.9 Å². The second-order valence-electron chi connectivity index (χ2n) is 8.14. The second kappa shape index (κ2) is 12.8. The molecule has 2 heterocycles. The summed E-state index contributed by atoms with van der Waals surface area (Å²) in [6.45, 7) is 5.76. The van der Waals surface area contributed by atoms with Crippen LogP contribution in [-0.2, 0) is 20.2 Å². The van der Waals surface area contributed by atoms with Crippen molar-refractivity contribution in [3.8, 4) is 0 Å². The summed E-state index contributed by atoms with van der Waals surface area (Å²) in [5, 5.41) is 0. The molecule has 0 radical (unpaired) electrons. The average molecular weight is 522 g/mol. The van der Waals surface area contributed by atoms with Gasteiger partial charge in [0.2, 0.25) is 0 Å². The van der Waals surface area contributed by atoms with Gasteiger partial charge in [0.1, 0.15) is 0 Å². The zero-order valence-electron chi connectivity index (χ0n) is 19.6. The zero-order chi connectivity index (χ0) is 26.1. The Labute approximate surface area is 207 Å². The minimum atomic E-state index is -4.02. The number of hydrogen-bond donors (Lipinski definition) is 3. The number of rotatable bonds is 3. The first-order valence-electron chi connectivity index (χ1n) is 10.8.